The van der Waals surface area contributed by atoms with Crippen molar-refractivity contribution < 1.29 is 24.1 Å². The summed E-state index contributed by atoms with van der Waals surface area (Å²) in [5.74, 6) is -0.0851. The minimum atomic E-state index is -0.472. The van der Waals surface area contributed by atoms with Crippen molar-refractivity contribution in [2.75, 3.05) is 33.0 Å². The SMILES string of the molecule is CC1(C)OCCCOC(C)(C)C(C)(C)OCC(CO)COC1(C)C. The minimum Gasteiger partial charge on any atom is -0.396 e. The van der Waals surface area contributed by atoms with Crippen LogP contribution in [0.5, 0.6) is 0 Å². The molecule has 0 radical (unpaired) electrons. The van der Waals surface area contributed by atoms with Crippen LogP contribution in [0.3, 0.4) is 0 Å². The van der Waals surface area contributed by atoms with E-state index in [9.17, 15) is 5.11 Å². The van der Waals surface area contributed by atoms with Gasteiger partial charge in [0.1, 0.15) is 0 Å². The Labute approximate surface area is 148 Å². The maximum atomic E-state index is 9.67. The Bertz CT molecular complexity index is 353. The highest BCUT2D eigenvalue weighted by Crippen LogP contribution is 2.32. The van der Waals surface area contributed by atoms with Gasteiger partial charge >= 0.3 is 0 Å². The second kappa shape index (κ2) is 8.00. The van der Waals surface area contributed by atoms with Crippen molar-refractivity contribution in [1.82, 2.24) is 0 Å². The molecule has 0 unspecified atom stereocenters. The van der Waals surface area contributed by atoms with Crippen molar-refractivity contribution in [2.24, 2.45) is 5.92 Å². The molecule has 0 aliphatic carbocycles. The molecule has 0 bridgehead atoms. The monoisotopic (exact) mass is 346 g/mol. The number of hydrogen-bond donors (Lipinski definition) is 1. The fourth-order valence-corrected chi connectivity index (χ4v) is 2.21. The van der Waals surface area contributed by atoms with E-state index in [2.05, 4.69) is 0 Å². The fraction of sp³-hybridized carbons (Fsp3) is 1.00. The summed E-state index contributed by atoms with van der Waals surface area (Å²) < 4.78 is 24.4. The molecular weight excluding hydrogens is 308 g/mol. The molecule has 1 N–H and O–H groups in total. The number of ether oxygens (including phenoxy) is 4. The van der Waals surface area contributed by atoms with Gasteiger partial charge in [0.15, 0.2) is 0 Å². The van der Waals surface area contributed by atoms with Gasteiger partial charge in [-0.25, -0.2) is 0 Å². The fourth-order valence-electron chi connectivity index (χ4n) is 2.21. The van der Waals surface area contributed by atoms with Crippen molar-refractivity contribution in [3.63, 3.8) is 0 Å². The summed E-state index contributed by atoms with van der Waals surface area (Å²) in [7, 11) is 0. The van der Waals surface area contributed by atoms with Gasteiger partial charge in [-0.3, -0.25) is 0 Å². The van der Waals surface area contributed by atoms with Gasteiger partial charge in [-0.2, -0.15) is 0 Å². The highest BCUT2D eigenvalue weighted by molar-refractivity contribution is 4.91. The third-order valence-corrected chi connectivity index (χ3v) is 5.73. The lowest BCUT2D eigenvalue weighted by molar-refractivity contribution is -0.212. The topological polar surface area (TPSA) is 57.2 Å². The average molecular weight is 347 g/mol. The third kappa shape index (κ3) is 5.40. The van der Waals surface area contributed by atoms with Gasteiger partial charge in [0.05, 0.1) is 42.2 Å². The van der Waals surface area contributed by atoms with E-state index < -0.39 is 22.4 Å². The van der Waals surface area contributed by atoms with Gasteiger partial charge < -0.3 is 24.1 Å². The van der Waals surface area contributed by atoms with Crippen LogP contribution in [0.15, 0.2) is 0 Å². The van der Waals surface area contributed by atoms with E-state index in [0.717, 1.165) is 6.42 Å². The van der Waals surface area contributed by atoms with E-state index in [0.29, 0.717) is 26.4 Å². The maximum Gasteiger partial charge on any atom is 0.0909 e. The maximum absolute atomic E-state index is 9.67. The van der Waals surface area contributed by atoms with Crippen LogP contribution in [0.4, 0.5) is 0 Å². The summed E-state index contributed by atoms with van der Waals surface area (Å²) in [6.07, 6.45) is 0.818. The van der Waals surface area contributed by atoms with Crippen molar-refractivity contribution in [1.29, 1.82) is 0 Å². The Kier molecular flexibility index (Phi) is 7.28. The largest absolute Gasteiger partial charge is 0.396 e. The summed E-state index contributed by atoms with van der Waals surface area (Å²) in [4.78, 5) is 0. The predicted octanol–water partition coefficient (Wildman–Crippen LogP) is 3.18. The predicted molar refractivity (Wildman–Crippen MR) is 95.3 cm³/mol. The van der Waals surface area contributed by atoms with Crippen molar-refractivity contribution in [2.45, 2.75) is 84.2 Å². The first-order valence-corrected chi connectivity index (χ1v) is 9.01. The van der Waals surface area contributed by atoms with E-state index in [1.54, 1.807) is 0 Å². The van der Waals surface area contributed by atoms with Crippen molar-refractivity contribution >= 4 is 0 Å². The Balaban J connectivity index is 2.91. The van der Waals surface area contributed by atoms with Gasteiger partial charge in [-0.1, -0.05) is 0 Å². The lowest BCUT2D eigenvalue weighted by atomic mass is 9.88. The molecule has 1 rings (SSSR count). The summed E-state index contributed by atoms with van der Waals surface area (Å²) in [5.41, 5.74) is -1.82. The Hall–Kier alpha value is -0.200. The molecule has 0 aromatic carbocycles. The summed E-state index contributed by atoms with van der Waals surface area (Å²) in [5, 5.41) is 9.67. The van der Waals surface area contributed by atoms with Gasteiger partial charge in [-0.15, -0.1) is 0 Å². The summed E-state index contributed by atoms with van der Waals surface area (Å²) in [6.45, 7) is 18.4. The summed E-state index contributed by atoms with van der Waals surface area (Å²) in [6, 6.07) is 0. The van der Waals surface area contributed by atoms with Crippen LogP contribution < -0.4 is 0 Å². The highest BCUT2D eigenvalue weighted by Gasteiger charge is 2.42. The van der Waals surface area contributed by atoms with E-state index in [1.807, 2.05) is 55.4 Å². The average Bonchev–Trinajstić information content (AvgIpc) is 2.45. The molecule has 0 amide bonds. The molecule has 5 nitrogen and oxygen atoms in total. The van der Waals surface area contributed by atoms with Crippen molar-refractivity contribution in [3.8, 4) is 0 Å². The Morgan fingerprint density at radius 3 is 1.33 bits per heavy atom. The minimum absolute atomic E-state index is 0.0226. The van der Waals surface area contributed by atoms with Crippen LogP contribution in [0.25, 0.3) is 0 Å². The Morgan fingerprint density at radius 2 is 1.00 bits per heavy atom. The van der Waals surface area contributed by atoms with Gasteiger partial charge in [0.2, 0.25) is 0 Å². The molecule has 0 aromatic rings. The molecule has 0 saturated carbocycles. The molecule has 24 heavy (non-hydrogen) atoms. The lowest BCUT2D eigenvalue weighted by Crippen LogP contribution is -2.52. The molecule has 0 aromatic heterocycles. The smallest absolute Gasteiger partial charge is 0.0909 e. The number of rotatable bonds is 1. The lowest BCUT2D eigenvalue weighted by Gasteiger charge is -2.44. The standard InChI is InChI=1S/C19H38O5/c1-16(2)18(5,6)23-13-15(12-20)14-24-19(7,8)17(3,4)22-11-9-10-21-16/h15,20H,9-14H2,1-8H3. The Morgan fingerprint density at radius 1 is 0.667 bits per heavy atom. The zero-order valence-electron chi connectivity index (χ0n) is 16.9. The quantitative estimate of drug-likeness (QED) is 0.790. The molecule has 1 saturated heterocycles. The van der Waals surface area contributed by atoms with Crippen LogP contribution in [0.2, 0.25) is 0 Å². The van der Waals surface area contributed by atoms with Crippen LogP contribution >= 0.6 is 0 Å². The first kappa shape index (κ1) is 21.8. The molecule has 0 spiro atoms. The first-order chi connectivity index (χ1) is 10.8. The van der Waals surface area contributed by atoms with Crippen LogP contribution in [0, 0.1) is 5.92 Å². The molecule has 144 valence electrons. The number of aliphatic hydroxyl groups excluding tert-OH is 1. The van der Waals surface area contributed by atoms with Crippen molar-refractivity contribution in [3.05, 3.63) is 0 Å². The number of hydrogen-bond acceptors (Lipinski definition) is 5. The zero-order chi connectivity index (χ0) is 18.6. The molecular formula is C19H38O5. The van der Waals surface area contributed by atoms with Crippen LogP contribution in [-0.2, 0) is 18.9 Å². The molecule has 0 atom stereocenters. The van der Waals surface area contributed by atoms with Gasteiger partial charge in [0.25, 0.3) is 0 Å². The normalized spacial score (nSPS) is 28.9. The zero-order valence-corrected chi connectivity index (χ0v) is 16.9. The number of aliphatic hydroxyl groups is 1. The van der Waals surface area contributed by atoms with E-state index in [1.165, 1.54) is 0 Å². The van der Waals surface area contributed by atoms with E-state index in [4.69, 9.17) is 18.9 Å². The van der Waals surface area contributed by atoms with Gasteiger partial charge in [-0.05, 0) is 61.8 Å². The first-order valence-electron chi connectivity index (χ1n) is 9.01. The van der Waals surface area contributed by atoms with Gasteiger partial charge in [0, 0.05) is 19.1 Å². The molecule has 5 heteroatoms. The second-order valence-electron chi connectivity index (χ2n) is 8.76. The second-order valence-corrected chi connectivity index (χ2v) is 8.76. The summed E-state index contributed by atoms with van der Waals surface area (Å²) >= 11 is 0. The molecule has 1 heterocycles. The molecule has 1 aliphatic rings. The van der Waals surface area contributed by atoms with E-state index in [-0.39, 0.29) is 12.5 Å². The highest BCUT2D eigenvalue weighted by atomic mass is 16.6. The molecule has 1 fully saturated rings. The van der Waals surface area contributed by atoms with E-state index >= 15 is 0 Å². The third-order valence-electron chi connectivity index (χ3n) is 5.73. The van der Waals surface area contributed by atoms with Crippen LogP contribution in [0.1, 0.15) is 61.8 Å². The molecule has 1 aliphatic heterocycles. The van der Waals surface area contributed by atoms with Crippen LogP contribution in [-0.4, -0.2) is 60.5 Å².